The molecule has 0 saturated heterocycles. The fourth-order valence-electron chi connectivity index (χ4n) is 1.56. The van der Waals surface area contributed by atoms with E-state index < -0.39 is 0 Å². The van der Waals surface area contributed by atoms with Crippen molar-refractivity contribution in [3.8, 4) is 11.5 Å². The summed E-state index contributed by atoms with van der Waals surface area (Å²) in [6.45, 7) is 3.24. The molecule has 104 valence electrons. The molecule has 1 aromatic carbocycles. The van der Waals surface area contributed by atoms with Gasteiger partial charge in [0, 0.05) is 5.56 Å². The SMILES string of the molecule is COC(=O)CC(C)Oc1ccc(C(C)=O)cc1OC. The molecule has 0 radical (unpaired) electrons. The van der Waals surface area contributed by atoms with Gasteiger partial charge in [0.15, 0.2) is 17.3 Å². The number of Topliss-reactive ketones (excluding diaryl/α,β-unsaturated/α-hetero) is 1. The summed E-state index contributed by atoms with van der Waals surface area (Å²) in [5.41, 5.74) is 0.546. The molecule has 0 bridgehead atoms. The van der Waals surface area contributed by atoms with Gasteiger partial charge >= 0.3 is 5.97 Å². The zero-order valence-corrected chi connectivity index (χ0v) is 11.6. The summed E-state index contributed by atoms with van der Waals surface area (Å²) >= 11 is 0. The van der Waals surface area contributed by atoms with Crippen LogP contribution in [0.2, 0.25) is 0 Å². The second-order valence-electron chi connectivity index (χ2n) is 4.13. The highest BCUT2D eigenvalue weighted by molar-refractivity contribution is 5.94. The maximum absolute atomic E-state index is 11.3. The number of carbonyl (C=O) groups excluding carboxylic acids is 2. The molecule has 5 heteroatoms. The van der Waals surface area contributed by atoms with Crippen molar-refractivity contribution in [2.24, 2.45) is 0 Å². The monoisotopic (exact) mass is 266 g/mol. The van der Waals surface area contributed by atoms with E-state index in [0.29, 0.717) is 17.1 Å². The minimum atomic E-state index is -0.343. The molecule has 1 aromatic rings. The van der Waals surface area contributed by atoms with Gasteiger partial charge in [-0.2, -0.15) is 0 Å². The normalized spacial score (nSPS) is 11.6. The number of ketones is 1. The van der Waals surface area contributed by atoms with Crippen LogP contribution in [0.25, 0.3) is 0 Å². The van der Waals surface area contributed by atoms with E-state index in [0.717, 1.165) is 0 Å². The molecule has 0 N–H and O–H groups in total. The maximum atomic E-state index is 11.3. The summed E-state index contributed by atoms with van der Waals surface area (Å²) in [5, 5.41) is 0. The number of esters is 1. The minimum absolute atomic E-state index is 0.0486. The largest absolute Gasteiger partial charge is 0.493 e. The molecule has 0 heterocycles. The molecule has 0 saturated carbocycles. The van der Waals surface area contributed by atoms with E-state index in [1.807, 2.05) is 0 Å². The van der Waals surface area contributed by atoms with Crippen molar-refractivity contribution in [3.63, 3.8) is 0 Å². The molecule has 0 aliphatic rings. The lowest BCUT2D eigenvalue weighted by atomic mass is 10.1. The molecule has 0 aromatic heterocycles. The van der Waals surface area contributed by atoms with Gasteiger partial charge in [-0.1, -0.05) is 0 Å². The third-order valence-electron chi connectivity index (χ3n) is 2.58. The van der Waals surface area contributed by atoms with Crippen molar-refractivity contribution in [1.29, 1.82) is 0 Å². The van der Waals surface area contributed by atoms with Gasteiger partial charge in [-0.15, -0.1) is 0 Å². The van der Waals surface area contributed by atoms with E-state index in [9.17, 15) is 9.59 Å². The number of carbonyl (C=O) groups is 2. The average molecular weight is 266 g/mol. The Labute approximate surface area is 112 Å². The van der Waals surface area contributed by atoms with Gasteiger partial charge in [0.1, 0.15) is 6.10 Å². The summed E-state index contributed by atoms with van der Waals surface area (Å²) in [4.78, 5) is 22.4. The Kier molecular flexibility index (Phi) is 5.36. The van der Waals surface area contributed by atoms with Gasteiger partial charge in [-0.3, -0.25) is 9.59 Å². The molecule has 0 aliphatic heterocycles. The van der Waals surface area contributed by atoms with E-state index in [1.165, 1.54) is 21.1 Å². The Morgan fingerprint density at radius 2 is 1.89 bits per heavy atom. The van der Waals surface area contributed by atoms with Crippen molar-refractivity contribution in [2.45, 2.75) is 26.4 Å². The highest BCUT2D eigenvalue weighted by Crippen LogP contribution is 2.29. The topological polar surface area (TPSA) is 61.8 Å². The lowest BCUT2D eigenvalue weighted by Crippen LogP contribution is -2.18. The first-order chi connectivity index (χ1) is 8.97. The first-order valence-corrected chi connectivity index (χ1v) is 5.90. The number of methoxy groups -OCH3 is 2. The zero-order chi connectivity index (χ0) is 14.4. The Hall–Kier alpha value is -2.04. The molecule has 0 fully saturated rings. The van der Waals surface area contributed by atoms with Crippen LogP contribution >= 0.6 is 0 Å². The van der Waals surface area contributed by atoms with Crippen LogP contribution in [0.3, 0.4) is 0 Å². The summed E-state index contributed by atoms with van der Waals surface area (Å²) in [6.07, 6.45) is -0.196. The molecule has 5 nitrogen and oxygen atoms in total. The van der Waals surface area contributed by atoms with Crippen LogP contribution < -0.4 is 9.47 Å². The van der Waals surface area contributed by atoms with E-state index in [4.69, 9.17) is 9.47 Å². The number of ether oxygens (including phenoxy) is 3. The van der Waals surface area contributed by atoms with Crippen LogP contribution in [-0.4, -0.2) is 32.1 Å². The number of rotatable bonds is 6. The van der Waals surface area contributed by atoms with E-state index >= 15 is 0 Å². The van der Waals surface area contributed by atoms with Crippen molar-refractivity contribution in [3.05, 3.63) is 23.8 Å². The summed E-state index contributed by atoms with van der Waals surface area (Å²) in [5.74, 6) is 0.563. The van der Waals surface area contributed by atoms with Crippen LogP contribution in [0.4, 0.5) is 0 Å². The third-order valence-corrected chi connectivity index (χ3v) is 2.58. The fraction of sp³-hybridized carbons (Fsp3) is 0.429. The van der Waals surface area contributed by atoms with Gasteiger partial charge < -0.3 is 14.2 Å². The van der Waals surface area contributed by atoms with Crippen LogP contribution in [0, 0.1) is 0 Å². The molecular formula is C14H18O5. The van der Waals surface area contributed by atoms with Crippen LogP contribution in [0.1, 0.15) is 30.6 Å². The molecule has 1 rings (SSSR count). The molecule has 0 aliphatic carbocycles. The second-order valence-corrected chi connectivity index (χ2v) is 4.13. The average Bonchev–Trinajstić information content (AvgIpc) is 2.38. The summed E-state index contributed by atoms with van der Waals surface area (Å²) < 4.78 is 15.4. The number of benzene rings is 1. The Morgan fingerprint density at radius 3 is 2.42 bits per heavy atom. The highest BCUT2D eigenvalue weighted by Gasteiger charge is 2.14. The lowest BCUT2D eigenvalue weighted by molar-refractivity contribution is -0.142. The van der Waals surface area contributed by atoms with Crippen LogP contribution in [0.5, 0.6) is 11.5 Å². The highest BCUT2D eigenvalue weighted by atomic mass is 16.5. The maximum Gasteiger partial charge on any atom is 0.309 e. The van der Waals surface area contributed by atoms with Crippen molar-refractivity contribution < 1.29 is 23.8 Å². The Morgan fingerprint density at radius 1 is 1.21 bits per heavy atom. The fourth-order valence-corrected chi connectivity index (χ4v) is 1.56. The number of hydrogen-bond acceptors (Lipinski definition) is 5. The van der Waals surface area contributed by atoms with Gasteiger partial charge in [-0.05, 0) is 32.0 Å². The van der Waals surface area contributed by atoms with Gasteiger partial charge in [0.2, 0.25) is 0 Å². The van der Waals surface area contributed by atoms with Crippen LogP contribution in [0.15, 0.2) is 18.2 Å². The first kappa shape index (κ1) is 15.0. The Balaban J connectivity index is 2.83. The van der Waals surface area contributed by atoms with Crippen molar-refractivity contribution >= 4 is 11.8 Å². The quantitative estimate of drug-likeness (QED) is 0.583. The molecular weight excluding hydrogens is 248 g/mol. The lowest BCUT2D eigenvalue weighted by Gasteiger charge is -2.16. The van der Waals surface area contributed by atoms with Gasteiger partial charge in [-0.25, -0.2) is 0 Å². The van der Waals surface area contributed by atoms with Crippen molar-refractivity contribution in [1.82, 2.24) is 0 Å². The first-order valence-electron chi connectivity index (χ1n) is 5.90. The molecule has 19 heavy (non-hydrogen) atoms. The van der Waals surface area contributed by atoms with Crippen LogP contribution in [-0.2, 0) is 9.53 Å². The second kappa shape index (κ2) is 6.78. The molecule has 0 amide bonds. The minimum Gasteiger partial charge on any atom is -0.493 e. The number of hydrogen-bond donors (Lipinski definition) is 0. The summed E-state index contributed by atoms with van der Waals surface area (Å²) in [6, 6.07) is 4.93. The standard InChI is InChI=1S/C14H18O5/c1-9(7-14(16)18-4)19-12-6-5-11(10(2)15)8-13(12)17-3/h5-6,8-9H,7H2,1-4H3. The van der Waals surface area contributed by atoms with Crippen molar-refractivity contribution in [2.75, 3.05) is 14.2 Å². The predicted molar refractivity (Wildman–Crippen MR) is 69.7 cm³/mol. The molecule has 1 atom stereocenters. The van der Waals surface area contributed by atoms with E-state index in [2.05, 4.69) is 4.74 Å². The third kappa shape index (κ3) is 4.28. The zero-order valence-electron chi connectivity index (χ0n) is 11.6. The Bertz CT molecular complexity index is 467. The van der Waals surface area contributed by atoms with Gasteiger partial charge in [0.05, 0.1) is 20.6 Å². The van der Waals surface area contributed by atoms with E-state index in [1.54, 1.807) is 25.1 Å². The smallest absolute Gasteiger partial charge is 0.309 e. The molecule has 0 spiro atoms. The van der Waals surface area contributed by atoms with Gasteiger partial charge in [0.25, 0.3) is 0 Å². The summed E-state index contributed by atoms with van der Waals surface area (Å²) in [7, 11) is 2.83. The predicted octanol–water partition coefficient (Wildman–Crippen LogP) is 2.23. The van der Waals surface area contributed by atoms with E-state index in [-0.39, 0.29) is 24.3 Å². The molecule has 1 unspecified atom stereocenters.